The van der Waals surface area contributed by atoms with Gasteiger partial charge in [0.1, 0.15) is 6.61 Å². The van der Waals surface area contributed by atoms with Gasteiger partial charge in [0.2, 0.25) is 5.82 Å². The fourth-order valence-electron chi connectivity index (χ4n) is 6.51. The van der Waals surface area contributed by atoms with E-state index in [1.54, 1.807) is 20.8 Å². The molecule has 12 atom stereocenters. The standard InChI is InChI=1S/C52H74N4O29S/c1-24(76-44(63)27(4)79-47(66)30(7)82-48(67)31(8)80-45(64)28(5)77-42(61)25(2)74-36(13)58)41(60)56(52(14,15)16)21-37(22-73-40-39(53-86-54-40)55-17-19-71-20-18-55)85-51(70)34(11)84-50(69)33(10)83-49(68)32(9)81-46(65)29(6)78-43(62)26(3)75-38(59)23-72-35(12)57/h24-34,37H,17-23H2,1-16H3/t24-,25-,26-,27-,28-,29-,30-,31-,32-,33-,34-,37-/m0/s1. The Morgan fingerprint density at radius 3 is 1.13 bits per heavy atom. The number of aromatic nitrogens is 2. The Balaban J connectivity index is 2.15. The number of morpholine rings is 1. The molecule has 0 aromatic carbocycles. The van der Waals surface area contributed by atoms with E-state index in [1.165, 1.54) is 18.7 Å². The third kappa shape index (κ3) is 25.1. The quantitative estimate of drug-likeness (QED) is 0.0704. The van der Waals surface area contributed by atoms with Gasteiger partial charge in [-0.1, -0.05) is 0 Å². The van der Waals surface area contributed by atoms with Gasteiger partial charge in [0.05, 0.1) is 31.5 Å². The predicted molar refractivity (Wildman–Crippen MR) is 283 cm³/mol. The largest absolute Gasteiger partial charge is 0.470 e. The summed E-state index contributed by atoms with van der Waals surface area (Å²) in [5, 5.41) is 0. The van der Waals surface area contributed by atoms with Crippen LogP contribution in [0.1, 0.15) is 111 Å². The minimum atomic E-state index is -1.73. The van der Waals surface area contributed by atoms with Crippen molar-refractivity contribution in [1.29, 1.82) is 0 Å². The Kier molecular flexibility index (Phi) is 29.7. The van der Waals surface area contributed by atoms with E-state index in [2.05, 4.69) is 18.2 Å². The number of hydrogen-bond acceptors (Lipinski definition) is 33. The van der Waals surface area contributed by atoms with Crippen LogP contribution in [0.25, 0.3) is 0 Å². The summed E-state index contributed by atoms with van der Waals surface area (Å²) in [7, 11) is 0. The number of hydrogen-bond donors (Lipinski definition) is 0. The van der Waals surface area contributed by atoms with Gasteiger partial charge in [-0.3, -0.25) is 14.4 Å². The molecule has 2 heterocycles. The van der Waals surface area contributed by atoms with Crippen LogP contribution in [0.3, 0.4) is 0 Å². The first-order valence-electron chi connectivity index (χ1n) is 26.6. The number of nitrogens with zero attached hydrogens (tertiary/aromatic N) is 4. The zero-order valence-electron chi connectivity index (χ0n) is 50.4. The third-order valence-corrected chi connectivity index (χ3v) is 11.8. The van der Waals surface area contributed by atoms with Crippen LogP contribution < -0.4 is 9.64 Å². The highest BCUT2D eigenvalue weighted by molar-refractivity contribution is 6.99. The van der Waals surface area contributed by atoms with Crippen molar-refractivity contribution in [2.75, 3.05) is 51.0 Å². The van der Waals surface area contributed by atoms with E-state index in [-0.39, 0.29) is 5.88 Å². The molecule has 0 spiro atoms. The van der Waals surface area contributed by atoms with Crippen LogP contribution in [0.2, 0.25) is 0 Å². The zero-order valence-corrected chi connectivity index (χ0v) is 51.2. The second-order valence-corrected chi connectivity index (χ2v) is 20.4. The van der Waals surface area contributed by atoms with Crippen LogP contribution in [0.4, 0.5) is 5.82 Å². The van der Waals surface area contributed by atoms with E-state index in [4.69, 9.17) is 61.6 Å². The van der Waals surface area contributed by atoms with Crippen molar-refractivity contribution in [3.63, 3.8) is 0 Å². The SMILES string of the molecule is CC(=O)OCC(=O)O[C@@H](C)C(=O)O[C@@H](C)C(=O)O[C@@H](C)C(=O)O[C@@H](C)C(=O)O[C@@H](C)C(=O)O[C@H](COc1nsnc1N1CCOCC1)CN(C(=O)[C@H](C)OC(=O)[C@H](C)OC(=O)[C@H](C)OC(=O)[C@H](C)OC(=O)[C@H](C)OC(=O)[C@H](C)OC(C)=O)C(C)(C)C. The Hall–Kier alpha value is -8.30. The first-order chi connectivity index (χ1) is 39.9. The summed E-state index contributed by atoms with van der Waals surface area (Å²) in [4.78, 5) is 179. The lowest BCUT2D eigenvalue weighted by atomic mass is 10.0. The van der Waals surface area contributed by atoms with Crippen LogP contribution in [0.5, 0.6) is 5.88 Å². The molecule has 1 amide bonds. The van der Waals surface area contributed by atoms with E-state index in [9.17, 15) is 67.1 Å². The van der Waals surface area contributed by atoms with E-state index in [0.717, 1.165) is 87.9 Å². The van der Waals surface area contributed by atoms with Gasteiger partial charge in [-0.25, -0.2) is 52.7 Å². The Labute approximate surface area is 498 Å². The molecule has 1 fully saturated rings. The molecule has 1 aliphatic heterocycles. The second kappa shape index (κ2) is 34.6. The fourth-order valence-corrected chi connectivity index (χ4v) is 7.03. The highest BCUT2D eigenvalue weighted by Gasteiger charge is 2.39. The van der Waals surface area contributed by atoms with Crippen molar-refractivity contribution in [3.8, 4) is 5.88 Å². The van der Waals surface area contributed by atoms with E-state index < -0.39 is 182 Å². The number of carbonyl (C=O) groups excluding carboxylic acids is 14. The Morgan fingerprint density at radius 2 is 0.791 bits per heavy atom. The summed E-state index contributed by atoms with van der Waals surface area (Å²) < 4.78 is 85.4. The maximum atomic E-state index is 14.2. The summed E-state index contributed by atoms with van der Waals surface area (Å²) in [6.45, 7) is 19.0. The smallest absolute Gasteiger partial charge is 0.347 e. The van der Waals surface area contributed by atoms with Gasteiger partial charge in [0.25, 0.3) is 11.8 Å². The minimum absolute atomic E-state index is 0.0375. The molecule has 34 heteroatoms. The maximum absolute atomic E-state index is 14.2. The normalized spacial score (nSPS) is 16.3. The first-order valence-corrected chi connectivity index (χ1v) is 27.3. The lowest BCUT2D eigenvalue weighted by Crippen LogP contribution is -2.54. The monoisotopic (exact) mass is 1250 g/mol. The Morgan fingerprint density at radius 1 is 0.465 bits per heavy atom. The summed E-state index contributed by atoms with van der Waals surface area (Å²) in [5.41, 5.74) is -1.13. The van der Waals surface area contributed by atoms with E-state index in [1.807, 2.05) is 4.90 Å². The summed E-state index contributed by atoms with van der Waals surface area (Å²) in [6, 6.07) is 0. The molecule has 0 aliphatic carbocycles. The minimum Gasteiger partial charge on any atom is -0.470 e. The lowest BCUT2D eigenvalue weighted by molar-refractivity contribution is -0.188. The van der Waals surface area contributed by atoms with Gasteiger partial charge >= 0.3 is 77.6 Å². The molecule has 482 valence electrons. The lowest BCUT2D eigenvalue weighted by Gasteiger charge is -2.39. The molecular weight excluding hydrogens is 1180 g/mol. The second-order valence-electron chi connectivity index (χ2n) is 19.9. The van der Waals surface area contributed by atoms with Crippen LogP contribution in [0.15, 0.2) is 0 Å². The number of esters is 13. The highest BCUT2D eigenvalue weighted by atomic mass is 32.1. The summed E-state index contributed by atoms with van der Waals surface area (Å²) >= 11 is 0.825. The fraction of sp³-hybridized carbons (Fsp3) is 0.692. The van der Waals surface area contributed by atoms with Gasteiger partial charge < -0.3 is 80.9 Å². The predicted octanol–water partition coefficient (Wildman–Crippen LogP) is 0.124. The number of carbonyl (C=O) groups is 14. The molecule has 0 unspecified atom stereocenters. The average molecular weight is 1250 g/mol. The van der Waals surface area contributed by atoms with Crippen molar-refractivity contribution in [1.82, 2.24) is 13.6 Å². The van der Waals surface area contributed by atoms with Crippen LogP contribution >= 0.6 is 11.7 Å². The molecule has 1 aromatic heterocycles. The van der Waals surface area contributed by atoms with Crippen LogP contribution in [0, 0.1) is 0 Å². The number of rotatable bonds is 31. The number of ether oxygens (including phenoxy) is 15. The molecule has 0 bridgehead atoms. The van der Waals surface area contributed by atoms with E-state index in [0.29, 0.717) is 32.1 Å². The van der Waals surface area contributed by atoms with E-state index >= 15 is 0 Å². The van der Waals surface area contributed by atoms with Crippen molar-refractivity contribution in [2.45, 2.75) is 190 Å². The van der Waals surface area contributed by atoms with Crippen LogP contribution in [-0.2, 0) is 133 Å². The van der Waals surface area contributed by atoms with Gasteiger partial charge in [0.15, 0.2) is 79.9 Å². The molecule has 1 saturated heterocycles. The molecule has 2 rings (SSSR count). The average Bonchev–Trinajstić information content (AvgIpc) is 2.70. The Bertz CT molecular complexity index is 2600. The highest BCUT2D eigenvalue weighted by Crippen LogP contribution is 2.27. The first kappa shape index (κ1) is 73.8. The molecule has 0 N–H and O–H groups in total. The topological polar surface area (TPSA) is 410 Å². The van der Waals surface area contributed by atoms with Gasteiger partial charge in [-0.05, 0) is 96.9 Å². The van der Waals surface area contributed by atoms with Gasteiger partial charge in [-0.2, -0.15) is 4.37 Å². The molecule has 86 heavy (non-hydrogen) atoms. The van der Waals surface area contributed by atoms with Crippen molar-refractivity contribution >= 4 is 101 Å². The molecule has 0 saturated carbocycles. The molecule has 0 radical (unpaired) electrons. The number of anilines is 1. The summed E-state index contributed by atoms with van der Waals surface area (Å²) in [6.07, 6.45) is -19.3. The third-order valence-electron chi connectivity index (χ3n) is 11.3. The zero-order chi connectivity index (χ0) is 65.5. The van der Waals surface area contributed by atoms with Crippen molar-refractivity contribution < 1.29 is 138 Å². The van der Waals surface area contributed by atoms with Crippen LogP contribution in [-0.4, -0.2) is 222 Å². The van der Waals surface area contributed by atoms with Crippen molar-refractivity contribution in [2.24, 2.45) is 0 Å². The van der Waals surface area contributed by atoms with Gasteiger partial charge in [0, 0.05) is 32.5 Å². The number of amides is 1. The molecular formula is C52H74N4O29S. The molecule has 1 aliphatic rings. The molecule has 1 aromatic rings. The maximum Gasteiger partial charge on any atom is 0.347 e. The molecule has 33 nitrogen and oxygen atoms in total. The van der Waals surface area contributed by atoms with Crippen molar-refractivity contribution in [3.05, 3.63) is 0 Å². The van der Waals surface area contributed by atoms with Gasteiger partial charge in [-0.15, -0.1) is 4.37 Å². The summed E-state index contributed by atoms with van der Waals surface area (Å²) in [5.74, 6) is -15.3.